The van der Waals surface area contributed by atoms with Crippen molar-refractivity contribution < 1.29 is 13.2 Å². The maximum Gasteiger partial charge on any atom is 0.260 e. The van der Waals surface area contributed by atoms with E-state index in [0.29, 0.717) is 34.3 Å². The molecule has 1 amide bonds. The molecule has 0 spiro atoms. The molecule has 0 radical (unpaired) electrons. The number of fused-ring (bicyclic) bond motifs is 1. The Hall–Kier alpha value is -1.39. The van der Waals surface area contributed by atoms with Gasteiger partial charge < -0.3 is 9.88 Å². The monoisotopic (exact) mass is 499 g/mol. The van der Waals surface area contributed by atoms with Gasteiger partial charge in [0.1, 0.15) is 4.83 Å². The Morgan fingerprint density at radius 1 is 1.38 bits per heavy atom. The molecular formula is C22H33N3O4S3. The number of aromatic nitrogens is 2. The molecule has 0 aromatic carbocycles. The quantitative estimate of drug-likeness (QED) is 0.394. The van der Waals surface area contributed by atoms with E-state index >= 15 is 0 Å². The van der Waals surface area contributed by atoms with Gasteiger partial charge in [-0.05, 0) is 37.7 Å². The van der Waals surface area contributed by atoms with Crippen molar-refractivity contribution in [1.29, 1.82) is 0 Å². The van der Waals surface area contributed by atoms with E-state index in [-0.39, 0.29) is 34.8 Å². The van der Waals surface area contributed by atoms with Crippen LogP contribution in [0.1, 0.15) is 56.9 Å². The summed E-state index contributed by atoms with van der Waals surface area (Å²) in [7, 11) is -3.07. The lowest BCUT2D eigenvalue weighted by molar-refractivity contribution is -0.130. The van der Waals surface area contributed by atoms with Crippen LogP contribution < -0.4 is 5.56 Å². The van der Waals surface area contributed by atoms with E-state index in [9.17, 15) is 18.0 Å². The van der Waals surface area contributed by atoms with Gasteiger partial charge in [-0.2, -0.15) is 0 Å². The second kappa shape index (κ2) is 10.7. The Labute approximate surface area is 198 Å². The highest BCUT2D eigenvalue weighted by Crippen LogP contribution is 2.30. The van der Waals surface area contributed by atoms with Crippen molar-refractivity contribution >= 4 is 49.1 Å². The van der Waals surface area contributed by atoms with Crippen LogP contribution in [0.2, 0.25) is 0 Å². The fourth-order valence-electron chi connectivity index (χ4n) is 4.04. The van der Waals surface area contributed by atoms with Crippen LogP contribution in [0.25, 0.3) is 10.2 Å². The molecule has 0 aliphatic carbocycles. The molecule has 1 fully saturated rings. The van der Waals surface area contributed by atoms with Gasteiger partial charge in [-0.3, -0.25) is 9.59 Å². The molecule has 2 aromatic rings. The van der Waals surface area contributed by atoms with E-state index in [4.69, 9.17) is 0 Å². The predicted octanol–water partition coefficient (Wildman–Crippen LogP) is 3.79. The number of nitrogens with zero attached hydrogens (tertiary/aromatic N) is 2. The molecule has 3 heterocycles. The second-order valence-corrected chi connectivity index (χ2v) is 13.1. The van der Waals surface area contributed by atoms with Crippen molar-refractivity contribution in [3.8, 4) is 0 Å². The number of amides is 1. The molecule has 2 aromatic heterocycles. The minimum Gasteiger partial charge on any atom is -0.338 e. The highest BCUT2D eigenvalue weighted by molar-refractivity contribution is 7.99. The number of thioether (sulfide) groups is 1. The molecule has 10 heteroatoms. The van der Waals surface area contributed by atoms with Gasteiger partial charge in [-0.25, -0.2) is 13.4 Å². The van der Waals surface area contributed by atoms with E-state index in [2.05, 4.69) is 23.8 Å². The molecule has 2 atom stereocenters. The van der Waals surface area contributed by atoms with Crippen molar-refractivity contribution in [2.24, 2.45) is 5.92 Å². The average Bonchev–Trinajstić information content (AvgIpc) is 3.25. The maximum atomic E-state index is 13.0. The number of unbranched alkanes of at least 4 members (excludes halogenated alkanes) is 1. The highest BCUT2D eigenvalue weighted by atomic mass is 32.2. The number of nitrogens with one attached hydrogen (secondary N) is 1. The molecule has 0 bridgehead atoms. The van der Waals surface area contributed by atoms with Crippen LogP contribution in [-0.4, -0.2) is 59.0 Å². The smallest absolute Gasteiger partial charge is 0.260 e. The van der Waals surface area contributed by atoms with Crippen molar-refractivity contribution in [2.45, 2.75) is 71.0 Å². The minimum absolute atomic E-state index is 0.0432. The lowest BCUT2D eigenvalue weighted by Crippen LogP contribution is -2.42. The number of aryl methyl sites for hydroxylation is 1. The zero-order valence-corrected chi connectivity index (χ0v) is 21.7. The Balaban J connectivity index is 1.75. The third kappa shape index (κ3) is 5.94. The van der Waals surface area contributed by atoms with Crippen molar-refractivity contribution in [3.63, 3.8) is 0 Å². The summed E-state index contributed by atoms with van der Waals surface area (Å²) in [6, 6.07) is -0.253. The van der Waals surface area contributed by atoms with Crippen molar-refractivity contribution in [1.82, 2.24) is 14.9 Å². The molecule has 1 aliphatic rings. The molecule has 1 saturated heterocycles. The largest absolute Gasteiger partial charge is 0.338 e. The fourth-order valence-corrected chi connectivity index (χ4v) is 7.62. The van der Waals surface area contributed by atoms with Gasteiger partial charge >= 0.3 is 0 Å². The topological polar surface area (TPSA) is 100 Å². The first kappa shape index (κ1) is 25.2. The number of hydrogen-bond acceptors (Lipinski definition) is 7. The number of carbonyl (C=O) groups excluding carboxylic acids is 1. The van der Waals surface area contributed by atoms with Gasteiger partial charge in [0.2, 0.25) is 5.91 Å². The van der Waals surface area contributed by atoms with Crippen LogP contribution in [0, 0.1) is 12.8 Å². The Bertz CT molecular complexity index is 1120. The molecule has 0 saturated carbocycles. The van der Waals surface area contributed by atoms with Crippen LogP contribution in [0.3, 0.4) is 0 Å². The lowest BCUT2D eigenvalue weighted by atomic mass is 9.98. The molecule has 1 aliphatic heterocycles. The summed E-state index contributed by atoms with van der Waals surface area (Å²) >= 11 is 2.74. The predicted molar refractivity (Wildman–Crippen MR) is 133 cm³/mol. The summed E-state index contributed by atoms with van der Waals surface area (Å²) in [5.74, 6) is 0.697. The van der Waals surface area contributed by atoms with E-state index < -0.39 is 9.84 Å². The summed E-state index contributed by atoms with van der Waals surface area (Å²) in [4.78, 5) is 36.8. The number of H-pyrrole nitrogens is 1. The Morgan fingerprint density at radius 2 is 2.12 bits per heavy atom. The van der Waals surface area contributed by atoms with Crippen LogP contribution in [0.15, 0.2) is 9.95 Å². The SMILES string of the molecule is CCCCN(C(=O)CSc1nc2sc(C)c(CC(C)CC)c2c(=O)[nH]1)C1CCS(=O)(=O)C1. The zero-order chi connectivity index (χ0) is 23.5. The molecule has 2 unspecified atom stereocenters. The molecular weight excluding hydrogens is 466 g/mol. The third-order valence-electron chi connectivity index (χ3n) is 6.14. The fraction of sp³-hybridized carbons (Fsp3) is 0.682. The Kier molecular flexibility index (Phi) is 8.43. The van der Waals surface area contributed by atoms with Crippen LogP contribution in [-0.2, 0) is 21.1 Å². The van der Waals surface area contributed by atoms with Gasteiger partial charge in [0.15, 0.2) is 15.0 Å². The summed E-state index contributed by atoms with van der Waals surface area (Å²) in [5.41, 5.74) is 0.922. The third-order valence-corrected chi connectivity index (χ3v) is 9.79. The van der Waals surface area contributed by atoms with E-state index in [1.165, 1.54) is 23.1 Å². The number of carbonyl (C=O) groups is 1. The van der Waals surface area contributed by atoms with Gasteiger partial charge in [0.05, 0.1) is 22.6 Å². The average molecular weight is 500 g/mol. The van der Waals surface area contributed by atoms with Crippen LogP contribution >= 0.6 is 23.1 Å². The summed E-state index contributed by atoms with van der Waals surface area (Å²) < 4.78 is 23.8. The number of hydrogen-bond donors (Lipinski definition) is 1. The summed E-state index contributed by atoms with van der Waals surface area (Å²) in [5, 5.41) is 1.10. The maximum absolute atomic E-state index is 13.0. The first-order valence-electron chi connectivity index (χ1n) is 11.3. The first-order valence-corrected chi connectivity index (χ1v) is 14.9. The zero-order valence-electron chi connectivity index (χ0n) is 19.3. The molecule has 32 heavy (non-hydrogen) atoms. The van der Waals surface area contributed by atoms with E-state index in [1.54, 1.807) is 4.90 Å². The molecule has 3 rings (SSSR count). The van der Waals surface area contributed by atoms with Gasteiger partial charge in [0, 0.05) is 17.5 Å². The molecule has 178 valence electrons. The second-order valence-electron chi connectivity index (χ2n) is 8.69. The Morgan fingerprint density at radius 3 is 2.75 bits per heavy atom. The van der Waals surface area contributed by atoms with Gasteiger partial charge in [-0.15, -0.1) is 11.3 Å². The van der Waals surface area contributed by atoms with Gasteiger partial charge in [-0.1, -0.05) is 45.4 Å². The standard InChI is InChI=1S/C22H33N3O4S3/c1-5-7-9-25(16-8-10-32(28,29)13-16)18(26)12-30-22-23-20(27)19-17(11-14(3)6-2)15(4)31-21(19)24-22/h14,16H,5-13H2,1-4H3,(H,23,24,27). The normalized spacial score (nSPS) is 18.8. The highest BCUT2D eigenvalue weighted by Gasteiger charge is 2.34. The number of aromatic amines is 1. The summed E-state index contributed by atoms with van der Waals surface area (Å²) in [6.07, 6.45) is 4.17. The first-order chi connectivity index (χ1) is 15.1. The lowest BCUT2D eigenvalue weighted by Gasteiger charge is -2.28. The van der Waals surface area contributed by atoms with Gasteiger partial charge in [0.25, 0.3) is 5.56 Å². The van der Waals surface area contributed by atoms with E-state index in [0.717, 1.165) is 36.1 Å². The number of sulfone groups is 1. The van der Waals surface area contributed by atoms with Crippen LogP contribution in [0.5, 0.6) is 0 Å². The number of rotatable bonds is 10. The van der Waals surface area contributed by atoms with E-state index in [1.807, 2.05) is 13.8 Å². The van der Waals surface area contributed by atoms with Crippen LogP contribution in [0.4, 0.5) is 0 Å². The number of thiophene rings is 1. The minimum atomic E-state index is -3.07. The molecule has 1 N–H and O–H groups in total. The van der Waals surface area contributed by atoms with Crippen molar-refractivity contribution in [3.05, 3.63) is 20.8 Å². The van der Waals surface area contributed by atoms with Crippen molar-refractivity contribution in [2.75, 3.05) is 23.8 Å². The summed E-state index contributed by atoms with van der Waals surface area (Å²) in [6.45, 7) is 8.96. The molecule has 7 nitrogen and oxygen atoms in total.